The number of morpholine rings is 1. The molecule has 8 heteroatoms. The molecule has 144 valence electrons. The van der Waals surface area contributed by atoms with Crippen LogP contribution in [0.4, 0.5) is 17.1 Å². The Morgan fingerprint density at radius 1 is 1.18 bits per heavy atom. The molecule has 1 amide bonds. The number of nitrogens with zero attached hydrogens (tertiary/aromatic N) is 3. The van der Waals surface area contributed by atoms with Crippen molar-refractivity contribution in [1.29, 1.82) is 0 Å². The van der Waals surface area contributed by atoms with Crippen LogP contribution in [-0.4, -0.2) is 54.3 Å². The predicted octanol–water partition coefficient (Wildman–Crippen LogP) is 2.62. The molecule has 1 atom stereocenters. The number of aliphatic imine (C=N–C) groups is 1. The molecule has 1 fully saturated rings. The van der Waals surface area contributed by atoms with E-state index in [-0.39, 0.29) is 11.6 Å². The van der Waals surface area contributed by atoms with Crippen molar-refractivity contribution in [3.8, 4) is 0 Å². The highest BCUT2D eigenvalue weighted by molar-refractivity contribution is 6.19. The van der Waals surface area contributed by atoms with Gasteiger partial charge in [0.2, 0.25) is 5.91 Å². The van der Waals surface area contributed by atoms with Crippen LogP contribution in [0, 0.1) is 16.0 Å². The van der Waals surface area contributed by atoms with E-state index in [1.165, 1.54) is 18.2 Å². The van der Waals surface area contributed by atoms with Crippen LogP contribution in [0.3, 0.4) is 0 Å². The Labute approximate surface area is 162 Å². The van der Waals surface area contributed by atoms with Crippen molar-refractivity contribution in [3.05, 3.63) is 64.2 Å². The van der Waals surface area contributed by atoms with Crippen LogP contribution in [-0.2, 0) is 9.53 Å². The third kappa shape index (κ3) is 3.78. The molecule has 0 bridgehead atoms. The lowest BCUT2D eigenvalue weighted by molar-refractivity contribution is -0.384. The van der Waals surface area contributed by atoms with Crippen molar-refractivity contribution in [1.82, 2.24) is 4.90 Å². The molecule has 0 spiro atoms. The molecule has 8 nitrogen and oxygen atoms in total. The summed E-state index contributed by atoms with van der Waals surface area (Å²) in [6, 6.07) is 13.8. The summed E-state index contributed by atoms with van der Waals surface area (Å²) < 4.78 is 5.40. The summed E-state index contributed by atoms with van der Waals surface area (Å²) in [5, 5.41) is 14.1. The van der Waals surface area contributed by atoms with Gasteiger partial charge in [-0.05, 0) is 11.6 Å². The third-order valence-corrected chi connectivity index (χ3v) is 4.95. The number of ether oxygens (including phenoxy) is 1. The second-order valence-corrected chi connectivity index (χ2v) is 6.78. The number of nitro benzene ring substituents is 1. The fraction of sp³-hybridized carbons (Fsp3) is 0.300. The van der Waals surface area contributed by atoms with Gasteiger partial charge in [0.1, 0.15) is 0 Å². The summed E-state index contributed by atoms with van der Waals surface area (Å²) in [4.78, 5) is 30.7. The van der Waals surface area contributed by atoms with E-state index in [0.717, 1.165) is 18.7 Å². The maximum Gasteiger partial charge on any atom is 0.271 e. The number of benzene rings is 2. The number of hydrogen-bond acceptors (Lipinski definition) is 6. The molecular weight excluding hydrogens is 360 g/mol. The number of nitro groups is 1. The van der Waals surface area contributed by atoms with Crippen LogP contribution in [0.15, 0.2) is 53.5 Å². The number of hydrogen-bond donors (Lipinski definition) is 1. The quantitative estimate of drug-likeness (QED) is 0.650. The fourth-order valence-electron chi connectivity index (χ4n) is 3.47. The molecule has 4 rings (SSSR count). The first kappa shape index (κ1) is 18.3. The Bertz CT molecular complexity index is 923. The third-order valence-electron chi connectivity index (χ3n) is 4.95. The molecule has 2 aliphatic rings. The van der Waals surface area contributed by atoms with E-state index in [4.69, 9.17) is 9.73 Å². The minimum atomic E-state index is -0.494. The van der Waals surface area contributed by atoms with Gasteiger partial charge in [0.05, 0.1) is 41.1 Å². The molecule has 1 unspecified atom stereocenters. The van der Waals surface area contributed by atoms with Crippen LogP contribution in [0.5, 0.6) is 0 Å². The molecule has 0 aliphatic carbocycles. The van der Waals surface area contributed by atoms with E-state index in [1.54, 1.807) is 0 Å². The highest BCUT2D eigenvalue weighted by atomic mass is 16.6. The number of carbonyl (C=O) groups is 1. The SMILES string of the molecule is O=C1Nc2ccc([N+](=O)[O-])cc2N=C(c2ccccc2)C1CN1CCOCC1. The minimum Gasteiger partial charge on any atom is -0.379 e. The first-order valence-corrected chi connectivity index (χ1v) is 9.15. The summed E-state index contributed by atoms with van der Waals surface area (Å²) >= 11 is 0. The van der Waals surface area contributed by atoms with Crippen molar-refractivity contribution in [2.24, 2.45) is 10.9 Å². The van der Waals surface area contributed by atoms with Crippen molar-refractivity contribution in [3.63, 3.8) is 0 Å². The number of amides is 1. The molecule has 0 radical (unpaired) electrons. The Kier molecular flexibility index (Phi) is 5.14. The zero-order valence-corrected chi connectivity index (χ0v) is 15.2. The topological polar surface area (TPSA) is 97.1 Å². The van der Waals surface area contributed by atoms with Gasteiger partial charge in [0, 0.05) is 31.8 Å². The second-order valence-electron chi connectivity index (χ2n) is 6.78. The normalized spacial score (nSPS) is 19.9. The van der Waals surface area contributed by atoms with E-state index in [9.17, 15) is 14.9 Å². The lowest BCUT2D eigenvalue weighted by Gasteiger charge is -2.30. The fourth-order valence-corrected chi connectivity index (χ4v) is 3.47. The number of fused-ring (bicyclic) bond motifs is 1. The second kappa shape index (κ2) is 7.87. The molecule has 2 aromatic carbocycles. The van der Waals surface area contributed by atoms with E-state index >= 15 is 0 Å². The van der Waals surface area contributed by atoms with Crippen LogP contribution in [0.1, 0.15) is 5.56 Å². The van der Waals surface area contributed by atoms with Gasteiger partial charge < -0.3 is 10.1 Å². The highest BCUT2D eigenvalue weighted by Gasteiger charge is 2.32. The Balaban J connectivity index is 1.77. The zero-order valence-electron chi connectivity index (χ0n) is 15.2. The Morgan fingerprint density at radius 3 is 2.64 bits per heavy atom. The van der Waals surface area contributed by atoms with E-state index < -0.39 is 10.8 Å². The first-order chi connectivity index (χ1) is 13.6. The maximum atomic E-state index is 13.1. The van der Waals surface area contributed by atoms with Gasteiger partial charge in [-0.2, -0.15) is 0 Å². The average Bonchev–Trinajstić information content (AvgIpc) is 2.85. The van der Waals surface area contributed by atoms with E-state index in [0.29, 0.717) is 36.8 Å². The molecular formula is C20H20N4O4. The molecule has 0 saturated carbocycles. The van der Waals surface area contributed by atoms with Gasteiger partial charge in [-0.3, -0.25) is 19.8 Å². The number of nitrogens with one attached hydrogen (secondary N) is 1. The molecule has 28 heavy (non-hydrogen) atoms. The monoisotopic (exact) mass is 380 g/mol. The van der Waals surface area contributed by atoms with E-state index in [2.05, 4.69) is 10.2 Å². The smallest absolute Gasteiger partial charge is 0.271 e. The Morgan fingerprint density at radius 2 is 1.93 bits per heavy atom. The maximum absolute atomic E-state index is 13.1. The standard InChI is InChI=1S/C20H20N4O4/c25-20-16(13-23-8-10-28-11-9-23)19(14-4-2-1-3-5-14)21-18-12-15(24(26)27)6-7-17(18)22-20/h1-7,12,16H,8-11,13H2,(H,22,25). The molecule has 1 N–H and O–H groups in total. The summed E-state index contributed by atoms with van der Waals surface area (Å²) in [6.07, 6.45) is 0. The van der Waals surface area contributed by atoms with Gasteiger partial charge in [-0.1, -0.05) is 30.3 Å². The minimum absolute atomic E-state index is 0.0595. The number of non-ortho nitro benzene ring substituents is 1. The van der Waals surface area contributed by atoms with Crippen molar-refractivity contribution >= 4 is 28.7 Å². The molecule has 1 saturated heterocycles. The van der Waals surface area contributed by atoms with Crippen LogP contribution in [0.2, 0.25) is 0 Å². The zero-order chi connectivity index (χ0) is 19.5. The molecule has 0 aromatic heterocycles. The van der Waals surface area contributed by atoms with Gasteiger partial charge in [-0.15, -0.1) is 0 Å². The number of anilines is 1. The predicted molar refractivity (Wildman–Crippen MR) is 105 cm³/mol. The van der Waals surface area contributed by atoms with Gasteiger partial charge in [0.15, 0.2) is 0 Å². The largest absolute Gasteiger partial charge is 0.379 e. The summed E-state index contributed by atoms with van der Waals surface area (Å²) in [6.45, 7) is 3.30. The van der Waals surface area contributed by atoms with Crippen molar-refractivity contribution < 1.29 is 14.5 Å². The molecule has 2 aliphatic heterocycles. The van der Waals surface area contributed by atoms with Crippen LogP contribution >= 0.6 is 0 Å². The van der Waals surface area contributed by atoms with Crippen molar-refractivity contribution in [2.45, 2.75) is 0 Å². The van der Waals surface area contributed by atoms with E-state index in [1.807, 2.05) is 30.3 Å². The summed E-state index contributed by atoms with van der Waals surface area (Å²) in [7, 11) is 0. The van der Waals surface area contributed by atoms with Gasteiger partial charge in [-0.25, -0.2) is 4.99 Å². The summed E-state index contributed by atoms with van der Waals surface area (Å²) in [5.74, 6) is -0.659. The van der Waals surface area contributed by atoms with Gasteiger partial charge in [0.25, 0.3) is 5.69 Å². The lowest BCUT2D eigenvalue weighted by atomic mass is 9.95. The Hall–Kier alpha value is -3.10. The number of carbonyl (C=O) groups excluding carboxylic acids is 1. The first-order valence-electron chi connectivity index (χ1n) is 9.15. The van der Waals surface area contributed by atoms with Crippen LogP contribution < -0.4 is 5.32 Å². The summed E-state index contributed by atoms with van der Waals surface area (Å²) in [5.41, 5.74) is 2.26. The molecule has 2 aromatic rings. The van der Waals surface area contributed by atoms with Gasteiger partial charge >= 0.3 is 0 Å². The van der Waals surface area contributed by atoms with Crippen molar-refractivity contribution in [2.75, 3.05) is 38.2 Å². The number of rotatable bonds is 4. The average molecular weight is 380 g/mol. The molecule has 2 heterocycles. The highest BCUT2D eigenvalue weighted by Crippen LogP contribution is 2.34. The van der Waals surface area contributed by atoms with Crippen LogP contribution in [0.25, 0.3) is 0 Å². The lowest BCUT2D eigenvalue weighted by Crippen LogP contribution is -2.44.